The van der Waals surface area contributed by atoms with Crippen LogP contribution in [0.25, 0.3) is 0 Å². The number of amides is 1. The van der Waals surface area contributed by atoms with Gasteiger partial charge in [-0.05, 0) is 42.5 Å². The lowest BCUT2D eigenvalue weighted by atomic mass is 10.0. The highest BCUT2D eigenvalue weighted by Crippen LogP contribution is 2.21. The molecule has 1 aromatic heterocycles. The molecule has 1 fully saturated rings. The molecule has 24 heavy (non-hydrogen) atoms. The Balaban J connectivity index is 1.65. The summed E-state index contributed by atoms with van der Waals surface area (Å²) >= 11 is 0. The Hall–Kier alpha value is -2.43. The molecule has 1 aliphatic rings. The zero-order valence-electron chi connectivity index (χ0n) is 14.2. The Bertz CT molecular complexity index is 691. The minimum atomic E-state index is -0.218. The maximum Gasteiger partial charge on any atom is 0.274 e. The van der Waals surface area contributed by atoms with Gasteiger partial charge in [0.1, 0.15) is 5.69 Å². The smallest absolute Gasteiger partial charge is 0.274 e. The van der Waals surface area contributed by atoms with Crippen molar-refractivity contribution in [2.45, 2.75) is 51.5 Å². The van der Waals surface area contributed by atoms with Crippen LogP contribution in [-0.4, -0.2) is 21.9 Å². The molecule has 5 nitrogen and oxygen atoms in total. The molecule has 2 aromatic rings. The number of hydrogen-bond donors (Lipinski definition) is 2. The van der Waals surface area contributed by atoms with Gasteiger partial charge in [-0.15, -0.1) is 0 Å². The first-order valence-electron chi connectivity index (χ1n) is 8.63. The van der Waals surface area contributed by atoms with Crippen LogP contribution in [0.4, 0.5) is 11.6 Å². The first-order chi connectivity index (χ1) is 11.6. The summed E-state index contributed by atoms with van der Waals surface area (Å²) in [7, 11) is 0. The average Bonchev–Trinajstić information content (AvgIpc) is 3.08. The summed E-state index contributed by atoms with van der Waals surface area (Å²) in [5, 5.41) is 6.21. The number of carbonyl (C=O) groups is 1. The number of carbonyl (C=O) groups excluding carboxylic acids is 1. The standard InChI is InChI=1S/C19H24N4O/c1-13(2)14-7-9-16(10-8-14)21-18(24)17-11-12-20-19(23-17)22-15-5-3-4-6-15/h7-13,15H,3-6H2,1-2H3,(H,21,24)(H,20,22,23). The van der Waals surface area contributed by atoms with Crippen molar-refractivity contribution in [3.63, 3.8) is 0 Å². The number of hydrogen-bond acceptors (Lipinski definition) is 4. The van der Waals surface area contributed by atoms with E-state index in [2.05, 4.69) is 34.4 Å². The van der Waals surface area contributed by atoms with Crippen LogP contribution in [0.5, 0.6) is 0 Å². The average molecular weight is 324 g/mol. The summed E-state index contributed by atoms with van der Waals surface area (Å²) in [6.07, 6.45) is 6.39. The number of aromatic nitrogens is 2. The van der Waals surface area contributed by atoms with Gasteiger partial charge in [-0.2, -0.15) is 0 Å². The van der Waals surface area contributed by atoms with Crippen molar-refractivity contribution in [3.8, 4) is 0 Å². The fourth-order valence-electron chi connectivity index (χ4n) is 2.95. The van der Waals surface area contributed by atoms with E-state index in [0.29, 0.717) is 23.6 Å². The van der Waals surface area contributed by atoms with E-state index in [9.17, 15) is 4.79 Å². The number of nitrogens with one attached hydrogen (secondary N) is 2. The molecule has 0 atom stereocenters. The van der Waals surface area contributed by atoms with Gasteiger partial charge in [0, 0.05) is 17.9 Å². The molecule has 3 rings (SSSR count). The summed E-state index contributed by atoms with van der Waals surface area (Å²) in [6.45, 7) is 4.29. The molecule has 1 aliphatic carbocycles. The quantitative estimate of drug-likeness (QED) is 0.864. The zero-order valence-corrected chi connectivity index (χ0v) is 14.2. The minimum Gasteiger partial charge on any atom is -0.351 e. The van der Waals surface area contributed by atoms with Gasteiger partial charge in [-0.25, -0.2) is 9.97 Å². The topological polar surface area (TPSA) is 66.9 Å². The van der Waals surface area contributed by atoms with E-state index in [1.54, 1.807) is 12.3 Å². The summed E-state index contributed by atoms with van der Waals surface area (Å²) in [5.41, 5.74) is 2.39. The van der Waals surface area contributed by atoms with Crippen molar-refractivity contribution in [1.82, 2.24) is 9.97 Å². The first-order valence-corrected chi connectivity index (χ1v) is 8.63. The fourth-order valence-corrected chi connectivity index (χ4v) is 2.95. The van der Waals surface area contributed by atoms with E-state index in [-0.39, 0.29) is 5.91 Å². The highest BCUT2D eigenvalue weighted by molar-refractivity contribution is 6.02. The highest BCUT2D eigenvalue weighted by Gasteiger charge is 2.16. The largest absolute Gasteiger partial charge is 0.351 e. The van der Waals surface area contributed by atoms with Crippen LogP contribution in [0, 0.1) is 0 Å². The highest BCUT2D eigenvalue weighted by atomic mass is 16.1. The Labute approximate surface area is 142 Å². The third-order valence-corrected chi connectivity index (χ3v) is 4.41. The normalized spacial score (nSPS) is 14.8. The Kier molecular flexibility index (Phi) is 5.08. The van der Waals surface area contributed by atoms with E-state index >= 15 is 0 Å². The third-order valence-electron chi connectivity index (χ3n) is 4.41. The molecule has 0 aliphatic heterocycles. The summed E-state index contributed by atoms with van der Waals surface area (Å²) < 4.78 is 0. The van der Waals surface area contributed by atoms with Crippen LogP contribution in [0.1, 0.15) is 61.5 Å². The fraction of sp³-hybridized carbons (Fsp3) is 0.421. The summed E-state index contributed by atoms with van der Waals surface area (Å²) in [5.74, 6) is 0.787. The molecular weight excluding hydrogens is 300 g/mol. The molecule has 0 bridgehead atoms. The lowest BCUT2D eigenvalue weighted by Crippen LogP contribution is -2.19. The van der Waals surface area contributed by atoms with Gasteiger partial charge in [0.15, 0.2) is 0 Å². The van der Waals surface area contributed by atoms with Gasteiger partial charge in [-0.3, -0.25) is 4.79 Å². The maximum absolute atomic E-state index is 12.4. The lowest BCUT2D eigenvalue weighted by Gasteiger charge is -2.12. The molecule has 5 heteroatoms. The van der Waals surface area contributed by atoms with Crippen LogP contribution in [0.3, 0.4) is 0 Å². The Morgan fingerprint density at radius 2 is 1.83 bits per heavy atom. The van der Waals surface area contributed by atoms with Gasteiger partial charge < -0.3 is 10.6 Å². The molecule has 0 radical (unpaired) electrons. The number of rotatable bonds is 5. The van der Waals surface area contributed by atoms with Crippen molar-refractivity contribution in [1.29, 1.82) is 0 Å². The molecule has 1 saturated carbocycles. The molecule has 1 amide bonds. The molecule has 0 saturated heterocycles. The molecule has 126 valence electrons. The molecule has 0 spiro atoms. The van der Waals surface area contributed by atoms with E-state index in [4.69, 9.17) is 0 Å². The van der Waals surface area contributed by atoms with Gasteiger partial charge in [0.05, 0.1) is 0 Å². The second-order valence-electron chi connectivity index (χ2n) is 6.62. The van der Waals surface area contributed by atoms with Gasteiger partial charge in [-0.1, -0.05) is 38.8 Å². The van der Waals surface area contributed by atoms with Crippen molar-refractivity contribution in [3.05, 3.63) is 47.8 Å². The first kappa shape index (κ1) is 16.4. The monoisotopic (exact) mass is 324 g/mol. The summed E-state index contributed by atoms with van der Waals surface area (Å²) in [4.78, 5) is 21.0. The third kappa shape index (κ3) is 4.10. The number of anilines is 2. The minimum absolute atomic E-state index is 0.218. The molecule has 2 N–H and O–H groups in total. The number of benzene rings is 1. The predicted molar refractivity (Wildman–Crippen MR) is 96.4 cm³/mol. The maximum atomic E-state index is 12.4. The van der Waals surface area contributed by atoms with Gasteiger partial charge in [0.2, 0.25) is 5.95 Å². The lowest BCUT2D eigenvalue weighted by molar-refractivity contribution is 0.102. The molecule has 1 heterocycles. The zero-order chi connectivity index (χ0) is 16.9. The van der Waals surface area contributed by atoms with Crippen molar-refractivity contribution in [2.75, 3.05) is 10.6 Å². The van der Waals surface area contributed by atoms with E-state index in [0.717, 1.165) is 18.5 Å². The van der Waals surface area contributed by atoms with Crippen LogP contribution in [0.2, 0.25) is 0 Å². The van der Waals surface area contributed by atoms with E-state index in [1.807, 2.05) is 24.3 Å². The van der Waals surface area contributed by atoms with Crippen LogP contribution < -0.4 is 10.6 Å². The van der Waals surface area contributed by atoms with Crippen LogP contribution >= 0.6 is 0 Å². The summed E-state index contributed by atoms with van der Waals surface area (Å²) in [6, 6.07) is 9.98. The van der Waals surface area contributed by atoms with Crippen LogP contribution in [-0.2, 0) is 0 Å². The van der Waals surface area contributed by atoms with Gasteiger partial charge >= 0.3 is 0 Å². The Morgan fingerprint density at radius 3 is 2.50 bits per heavy atom. The second-order valence-corrected chi connectivity index (χ2v) is 6.62. The predicted octanol–water partition coefficient (Wildman–Crippen LogP) is 4.21. The molecular formula is C19H24N4O. The van der Waals surface area contributed by atoms with Crippen molar-refractivity contribution < 1.29 is 4.79 Å². The SMILES string of the molecule is CC(C)c1ccc(NC(=O)c2ccnc(NC3CCCC3)n2)cc1. The van der Waals surface area contributed by atoms with Gasteiger partial charge in [0.25, 0.3) is 5.91 Å². The van der Waals surface area contributed by atoms with Crippen molar-refractivity contribution >= 4 is 17.5 Å². The molecule has 1 aromatic carbocycles. The van der Waals surface area contributed by atoms with E-state index in [1.165, 1.54) is 18.4 Å². The second kappa shape index (κ2) is 7.43. The number of nitrogens with zero attached hydrogens (tertiary/aromatic N) is 2. The Morgan fingerprint density at radius 1 is 1.12 bits per heavy atom. The molecule has 0 unspecified atom stereocenters. The van der Waals surface area contributed by atoms with E-state index < -0.39 is 0 Å². The van der Waals surface area contributed by atoms with Crippen LogP contribution in [0.15, 0.2) is 36.5 Å². The van der Waals surface area contributed by atoms with Crippen molar-refractivity contribution in [2.24, 2.45) is 0 Å².